The van der Waals surface area contributed by atoms with Crippen molar-refractivity contribution in [2.75, 3.05) is 74.4 Å². The number of nitrogens with two attached hydrogens (primary N) is 1. The second kappa shape index (κ2) is 15.9. The molecule has 0 unspecified atom stereocenters. The fourth-order valence-corrected chi connectivity index (χ4v) is 7.06. The maximum atomic E-state index is 13.1. The molecule has 0 aromatic heterocycles. The fraction of sp³-hybridized carbons (Fsp3) is 0.417. The molecule has 3 fully saturated rings. The van der Waals surface area contributed by atoms with Gasteiger partial charge in [0.2, 0.25) is 5.79 Å². The molecule has 3 heterocycles. The Morgan fingerprint density at radius 1 is 1.00 bits per heavy atom. The molecule has 6 rings (SSSR count). The summed E-state index contributed by atoms with van der Waals surface area (Å²) < 4.78 is 18.7. The third-order valence-electron chi connectivity index (χ3n) is 9.33. The van der Waals surface area contributed by atoms with Crippen LogP contribution in [-0.2, 0) is 15.3 Å². The van der Waals surface area contributed by atoms with E-state index in [9.17, 15) is 4.79 Å². The molecule has 50 heavy (non-hydrogen) atoms. The van der Waals surface area contributed by atoms with Crippen LogP contribution >= 0.6 is 23.2 Å². The Labute approximate surface area is 303 Å². The third kappa shape index (κ3) is 7.79. The van der Waals surface area contributed by atoms with Gasteiger partial charge >= 0.3 is 6.03 Å². The van der Waals surface area contributed by atoms with Gasteiger partial charge in [-0.3, -0.25) is 14.9 Å². The molecule has 0 spiro atoms. The van der Waals surface area contributed by atoms with Gasteiger partial charge in [0.15, 0.2) is 0 Å². The molecule has 266 valence electrons. The van der Waals surface area contributed by atoms with Gasteiger partial charge < -0.3 is 29.7 Å². The number of carbonyl (C=O) groups excluding carboxylic acids is 1. The van der Waals surface area contributed by atoms with Gasteiger partial charge in [-0.15, -0.1) is 0 Å². The lowest BCUT2D eigenvalue weighted by Crippen LogP contribution is -2.46. The van der Waals surface area contributed by atoms with E-state index in [1.807, 2.05) is 46.2 Å². The van der Waals surface area contributed by atoms with Crippen molar-refractivity contribution in [3.8, 4) is 5.75 Å². The van der Waals surface area contributed by atoms with Gasteiger partial charge in [-0.05, 0) is 74.0 Å². The number of aliphatic imine (C=N–C) groups is 2. The number of halogens is 2. The average molecular weight is 724 g/mol. The zero-order chi connectivity index (χ0) is 35.3. The number of carbonyl (C=O) groups is 1. The molecule has 2 amide bonds. The molecule has 3 saturated heterocycles. The van der Waals surface area contributed by atoms with Crippen LogP contribution in [0.1, 0.15) is 25.8 Å². The quantitative estimate of drug-likeness (QED) is 0.184. The fourth-order valence-electron chi connectivity index (χ4n) is 6.50. The first-order valence-corrected chi connectivity index (χ1v) is 17.6. The Morgan fingerprint density at radius 3 is 2.26 bits per heavy atom. The minimum absolute atomic E-state index is 0.0259. The molecule has 3 aliphatic rings. The highest BCUT2D eigenvalue weighted by Crippen LogP contribution is 2.40. The monoisotopic (exact) mass is 722 g/mol. The number of amides is 2. The van der Waals surface area contributed by atoms with Crippen molar-refractivity contribution in [1.82, 2.24) is 10.0 Å². The topological polar surface area (TPSA) is 112 Å². The first-order chi connectivity index (χ1) is 24.2. The van der Waals surface area contributed by atoms with Crippen LogP contribution in [0.5, 0.6) is 5.75 Å². The Morgan fingerprint density at radius 2 is 1.64 bits per heavy atom. The van der Waals surface area contributed by atoms with Crippen LogP contribution in [0.3, 0.4) is 0 Å². The summed E-state index contributed by atoms with van der Waals surface area (Å²) in [4.78, 5) is 27.8. The molecule has 0 radical (unpaired) electrons. The van der Waals surface area contributed by atoms with Gasteiger partial charge in [0.05, 0.1) is 31.2 Å². The predicted octanol–water partition coefficient (Wildman–Crippen LogP) is 5.83. The zero-order valence-corrected chi connectivity index (χ0v) is 30.1. The van der Waals surface area contributed by atoms with Crippen molar-refractivity contribution in [3.63, 3.8) is 0 Å². The van der Waals surface area contributed by atoms with Gasteiger partial charge in [-0.1, -0.05) is 36.2 Å². The highest BCUT2D eigenvalue weighted by Gasteiger charge is 2.45. The standard InChI is InChI=1S/C36H44Cl2N8O4/c1-4-26(2)46-35(47)45(25-42(46)3)30-8-6-28(7-9-30)43-15-17-44(18-16-43)29-10-12-31(13-11-29)48-20-32-21-49-36(50-32,22-40-24-41-23-39)33-14-5-27(37)19-34(33)38/h5-14,19,23-24,26,32H,4,15-18,20-22,25H2,1-3H3,(H2,39,40,41)/t26-,32-,36-/m1/s1. The van der Waals surface area contributed by atoms with Crippen LogP contribution in [0, 0.1) is 0 Å². The van der Waals surface area contributed by atoms with Crippen LogP contribution in [0.25, 0.3) is 0 Å². The summed E-state index contributed by atoms with van der Waals surface area (Å²) in [5.74, 6) is -0.466. The molecule has 0 aliphatic carbocycles. The summed E-state index contributed by atoms with van der Waals surface area (Å²) in [5.41, 5.74) is 9.17. The van der Waals surface area contributed by atoms with Crippen molar-refractivity contribution >= 4 is 59.0 Å². The summed E-state index contributed by atoms with van der Waals surface area (Å²) in [6.07, 6.45) is 3.06. The predicted molar refractivity (Wildman–Crippen MR) is 200 cm³/mol. The molecular weight excluding hydrogens is 679 g/mol. The van der Waals surface area contributed by atoms with Crippen LogP contribution < -0.4 is 25.2 Å². The first-order valence-electron chi connectivity index (χ1n) is 16.8. The molecule has 0 bridgehead atoms. The summed E-state index contributed by atoms with van der Waals surface area (Å²) in [5, 5.41) is 4.76. The van der Waals surface area contributed by atoms with E-state index in [0.717, 1.165) is 61.8 Å². The number of benzene rings is 3. The maximum absolute atomic E-state index is 13.1. The normalized spacial score (nSPS) is 22.4. The van der Waals surface area contributed by atoms with Crippen LogP contribution in [0.2, 0.25) is 10.0 Å². The van der Waals surface area contributed by atoms with Crippen molar-refractivity contribution in [1.29, 1.82) is 0 Å². The van der Waals surface area contributed by atoms with Gasteiger partial charge in [0.25, 0.3) is 0 Å². The van der Waals surface area contributed by atoms with Crippen molar-refractivity contribution in [2.24, 2.45) is 15.7 Å². The van der Waals surface area contributed by atoms with Gasteiger partial charge in [-0.2, -0.15) is 5.01 Å². The van der Waals surface area contributed by atoms with E-state index < -0.39 is 5.79 Å². The molecule has 0 saturated carbocycles. The number of ether oxygens (including phenoxy) is 3. The number of nitrogens with zero attached hydrogens (tertiary/aromatic N) is 7. The molecule has 3 aromatic rings. The second-order valence-electron chi connectivity index (χ2n) is 12.6. The third-order valence-corrected chi connectivity index (χ3v) is 9.88. The van der Waals surface area contributed by atoms with Crippen molar-refractivity contribution in [3.05, 3.63) is 82.3 Å². The summed E-state index contributed by atoms with van der Waals surface area (Å²) in [7, 11) is 1.96. The number of rotatable bonds is 12. The van der Waals surface area contributed by atoms with Crippen LogP contribution in [-0.4, -0.2) is 101 Å². The SMILES string of the molecule is CC[C@@H](C)N1C(=O)N(c2ccc(N3CCN(c4ccc(OC[C@@H]5CO[C@@](CN=CN=CN)(c6ccc(Cl)cc6Cl)O5)cc4)CC3)cc2)CN1C. The minimum Gasteiger partial charge on any atom is -0.491 e. The highest BCUT2D eigenvalue weighted by molar-refractivity contribution is 6.35. The average Bonchev–Trinajstić information content (AvgIpc) is 3.69. The molecule has 3 atom stereocenters. The van der Waals surface area contributed by atoms with Crippen LogP contribution in [0.15, 0.2) is 76.7 Å². The Balaban J connectivity index is 0.999. The highest BCUT2D eigenvalue weighted by atomic mass is 35.5. The molecule has 2 N–H and O–H groups in total. The second-order valence-corrected chi connectivity index (χ2v) is 13.4. The smallest absolute Gasteiger partial charge is 0.340 e. The van der Waals surface area contributed by atoms with Gasteiger partial charge in [0, 0.05) is 66.9 Å². The number of urea groups is 1. The lowest BCUT2D eigenvalue weighted by atomic mass is 10.1. The van der Waals surface area contributed by atoms with E-state index in [2.05, 4.69) is 57.9 Å². The number of hydrogen-bond acceptors (Lipinski definition) is 8. The number of hydrogen-bond donors (Lipinski definition) is 1. The zero-order valence-electron chi connectivity index (χ0n) is 28.6. The Bertz CT molecular complexity index is 1670. The van der Waals surface area contributed by atoms with Crippen molar-refractivity contribution < 1.29 is 19.0 Å². The first kappa shape index (κ1) is 35.7. The molecule has 3 aliphatic heterocycles. The van der Waals surface area contributed by atoms with E-state index >= 15 is 0 Å². The summed E-state index contributed by atoms with van der Waals surface area (Å²) >= 11 is 12.7. The number of hydrazine groups is 1. The Kier molecular flexibility index (Phi) is 11.3. The lowest BCUT2D eigenvalue weighted by molar-refractivity contribution is -0.170. The van der Waals surface area contributed by atoms with Gasteiger partial charge in [0.1, 0.15) is 24.8 Å². The number of piperazine rings is 1. The van der Waals surface area contributed by atoms with E-state index in [4.69, 9.17) is 43.1 Å². The van der Waals surface area contributed by atoms with E-state index in [1.54, 1.807) is 18.2 Å². The number of anilines is 3. The minimum atomic E-state index is -1.21. The Hall–Kier alpha value is -4.07. The maximum Gasteiger partial charge on any atom is 0.340 e. The molecule has 3 aromatic carbocycles. The van der Waals surface area contributed by atoms with Crippen molar-refractivity contribution in [2.45, 2.75) is 38.2 Å². The van der Waals surface area contributed by atoms with E-state index in [0.29, 0.717) is 28.9 Å². The van der Waals surface area contributed by atoms with E-state index in [1.165, 1.54) is 6.34 Å². The molecule has 12 nitrogen and oxygen atoms in total. The largest absolute Gasteiger partial charge is 0.491 e. The lowest BCUT2D eigenvalue weighted by Gasteiger charge is -2.37. The van der Waals surface area contributed by atoms with Gasteiger partial charge in [-0.25, -0.2) is 9.79 Å². The van der Waals surface area contributed by atoms with Crippen LogP contribution in [0.4, 0.5) is 21.9 Å². The molecular formula is C36H44Cl2N8O4. The summed E-state index contributed by atoms with van der Waals surface area (Å²) in [6.45, 7) is 9.01. The molecule has 14 heteroatoms. The van der Waals surface area contributed by atoms with E-state index in [-0.39, 0.29) is 31.3 Å². The summed E-state index contributed by atoms with van der Waals surface area (Å²) in [6, 6.07) is 21.8.